The van der Waals surface area contributed by atoms with Gasteiger partial charge in [0.05, 0.1) is 29.2 Å². The Kier molecular flexibility index (Phi) is 4.36. The van der Waals surface area contributed by atoms with Crippen LogP contribution < -0.4 is 0 Å². The van der Waals surface area contributed by atoms with Crippen molar-refractivity contribution in [2.24, 2.45) is 0 Å². The number of rotatable bonds is 4. The van der Waals surface area contributed by atoms with Crippen molar-refractivity contribution in [3.8, 4) is 11.3 Å². The SMILES string of the molecule is Cc1cc(-c2cn[nH]c2C2CCCCN2Cc2ccccc2F)on1. The summed E-state index contributed by atoms with van der Waals surface area (Å²) < 4.78 is 19.5. The van der Waals surface area contributed by atoms with Gasteiger partial charge in [-0.05, 0) is 32.4 Å². The van der Waals surface area contributed by atoms with Gasteiger partial charge in [-0.25, -0.2) is 4.39 Å². The van der Waals surface area contributed by atoms with Gasteiger partial charge in [0.2, 0.25) is 0 Å². The van der Waals surface area contributed by atoms with E-state index in [1.807, 2.05) is 25.1 Å². The van der Waals surface area contributed by atoms with E-state index in [2.05, 4.69) is 20.3 Å². The van der Waals surface area contributed by atoms with Crippen molar-refractivity contribution in [1.29, 1.82) is 0 Å². The van der Waals surface area contributed by atoms with E-state index in [4.69, 9.17) is 4.52 Å². The lowest BCUT2D eigenvalue weighted by molar-refractivity contribution is 0.136. The first-order valence-electron chi connectivity index (χ1n) is 8.67. The summed E-state index contributed by atoms with van der Waals surface area (Å²) in [6.07, 6.45) is 5.06. The average Bonchev–Trinajstić information content (AvgIpc) is 3.26. The Balaban J connectivity index is 1.64. The first-order chi connectivity index (χ1) is 12.2. The Morgan fingerprint density at radius 1 is 1.32 bits per heavy atom. The summed E-state index contributed by atoms with van der Waals surface area (Å²) >= 11 is 0. The summed E-state index contributed by atoms with van der Waals surface area (Å²) in [6, 6.07) is 9.07. The lowest BCUT2D eigenvalue weighted by atomic mass is 9.95. The molecule has 0 spiro atoms. The minimum atomic E-state index is -0.150. The van der Waals surface area contributed by atoms with Crippen LogP contribution in [0.2, 0.25) is 0 Å². The maximum Gasteiger partial charge on any atom is 0.170 e. The predicted octanol–water partition coefficient (Wildman–Crippen LogP) is 4.24. The van der Waals surface area contributed by atoms with Gasteiger partial charge in [-0.15, -0.1) is 0 Å². The van der Waals surface area contributed by atoms with E-state index in [0.717, 1.165) is 54.1 Å². The summed E-state index contributed by atoms with van der Waals surface area (Å²) in [7, 11) is 0. The van der Waals surface area contributed by atoms with E-state index < -0.39 is 0 Å². The van der Waals surface area contributed by atoms with Gasteiger partial charge in [0, 0.05) is 18.2 Å². The molecule has 2 aromatic heterocycles. The van der Waals surface area contributed by atoms with Crippen LogP contribution in [-0.4, -0.2) is 26.8 Å². The van der Waals surface area contributed by atoms with Crippen LogP contribution in [0.15, 0.2) is 41.1 Å². The van der Waals surface area contributed by atoms with Crippen molar-refractivity contribution in [3.63, 3.8) is 0 Å². The standard InChI is InChI=1S/C19H21FN4O/c1-13-10-18(25-23-13)15-11-21-22-19(15)17-8-4-5-9-24(17)12-14-6-2-3-7-16(14)20/h2-3,6-7,10-11,17H,4-5,8-9,12H2,1H3,(H,21,22). The van der Waals surface area contributed by atoms with Gasteiger partial charge in [-0.3, -0.25) is 10.00 Å². The molecule has 5 nitrogen and oxygen atoms in total. The Morgan fingerprint density at radius 3 is 3.00 bits per heavy atom. The molecule has 3 heterocycles. The number of aromatic nitrogens is 3. The van der Waals surface area contributed by atoms with Gasteiger partial charge in [0.25, 0.3) is 0 Å². The second-order valence-corrected chi connectivity index (χ2v) is 6.60. The van der Waals surface area contributed by atoms with E-state index in [-0.39, 0.29) is 11.9 Å². The van der Waals surface area contributed by atoms with E-state index in [0.29, 0.717) is 6.54 Å². The molecule has 1 aliphatic rings. The maximum absolute atomic E-state index is 14.1. The lowest BCUT2D eigenvalue weighted by Gasteiger charge is -2.35. The number of hydrogen-bond acceptors (Lipinski definition) is 4. The molecule has 0 amide bonds. The summed E-state index contributed by atoms with van der Waals surface area (Å²) in [5, 5.41) is 11.3. The lowest BCUT2D eigenvalue weighted by Crippen LogP contribution is -2.33. The molecule has 25 heavy (non-hydrogen) atoms. The molecule has 1 aliphatic heterocycles. The molecule has 6 heteroatoms. The smallest absolute Gasteiger partial charge is 0.170 e. The van der Waals surface area contributed by atoms with E-state index in [9.17, 15) is 4.39 Å². The number of nitrogens with one attached hydrogen (secondary N) is 1. The summed E-state index contributed by atoms with van der Waals surface area (Å²) in [5.74, 6) is 0.570. The number of halogens is 1. The zero-order valence-corrected chi connectivity index (χ0v) is 14.2. The molecular weight excluding hydrogens is 319 g/mol. The van der Waals surface area contributed by atoms with Gasteiger partial charge in [0.15, 0.2) is 5.76 Å². The number of aryl methyl sites for hydroxylation is 1. The van der Waals surface area contributed by atoms with E-state index in [1.165, 1.54) is 6.07 Å². The third-order valence-electron chi connectivity index (χ3n) is 4.84. The molecule has 3 aromatic rings. The van der Waals surface area contributed by atoms with Crippen LogP contribution in [0, 0.1) is 12.7 Å². The van der Waals surface area contributed by atoms with Crippen LogP contribution in [0.25, 0.3) is 11.3 Å². The van der Waals surface area contributed by atoms with Crippen LogP contribution in [0.4, 0.5) is 4.39 Å². The van der Waals surface area contributed by atoms with Gasteiger partial charge >= 0.3 is 0 Å². The van der Waals surface area contributed by atoms with Crippen molar-refractivity contribution in [3.05, 3.63) is 59.3 Å². The third-order valence-corrected chi connectivity index (χ3v) is 4.84. The number of aromatic amines is 1. The molecule has 1 aromatic carbocycles. The Bertz CT molecular complexity index is 856. The summed E-state index contributed by atoms with van der Waals surface area (Å²) in [5.41, 5.74) is 3.53. The molecule has 1 unspecified atom stereocenters. The molecule has 0 saturated carbocycles. The molecule has 0 radical (unpaired) electrons. The molecule has 130 valence electrons. The summed E-state index contributed by atoms with van der Waals surface area (Å²) in [6.45, 7) is 3.43. The molecule has 1 atom stereocenters. The summed E-state index contributed by atoms with van der Waals surface area (Å²) in [4.78, 5) is 2.32. The minimum Gasteiger partial charge on any atom is -0.356 e. The van der Waals surface area contributed by atoms with Crippen LogP contribution in [0.1, 0.15) is 42.3 Å². The van der Waals surface area contributed by atoms with Gasteiger partial charge in [0.1, 0.15) is 5.82 Å². The molecule has 1 fully saturated rings. The zero-order chi connectivity index (χ0) is 17.2. The number of H-pyrrole nitrogens is 1. The second kappa shape index (κ2) is 6.80. The minimum absolute atomic E-state index is 0.150. The van der Waals surface area contributed by atoms with Gasteiger partial charge in [-0.2, -0.15) is 5.10 Å². The van der Waals surface area contributed by atoms with E-state index >= 15 is 0 Å². The molecule has 1 N–H and O–H groups in total. The fourth-order valence-corrected chi connectivity index (χ4v) is 3.59. The van der Waals surface area contributed by atoms with Crippen LogP contribution in [0.5, 0.6) is 0 Å². The number of likely N-dealkylation sites (tertiary alicyclic amines) is 1. The number of benzene rings is 1. The molecular formula is C19H21FN4O. The average molecular weight is 340 g/mol. The first-order valence-corrected chi connectivity index (χ1v) is 8.67. The van der Waals surface area contributed by atoms with Crippen LogP contribution in [0.3, 0.4) is 0 Å². The van der Waals surface area contributed by atoms with Crippen molar-refractivity contribution < 1.29 is 8.91 Å². The fourth-order valence-electron chi connectivity index (χ4n) is 3.59. The predicted molar refractivity (Wildman–Crippen MR) is 92.2 cm³/mol. The van der Waals surface area contributed by atoms with Crippen LogP contribution >= 0.6 is 0 Å². The molecule has 4 rings (SSSR count). The first kappa shape index (κ1) is 16.0. The quantitative estimate of drug-likeness (QED) is 0.772. The molecule has 1 saturated heterocycles. The maximum atomic E-state index is 14.1. The van der Waals surface area contributed by atoms with Gasteiger partial charge in [-0.1, -0.05) is 29.8 Å². The Morgan fingerprint density at radius 2 is 2.20 bits per heavy atom. The van der Waals surface area contributed by atoms with E-state index in [1.54, 1.807) is 12.3 Å². The van der Waals surface area contributed by atoms with Crippen LogP contribution in [-0.2, 0) is 6.54 Å². The normalized spacial score (nSPS) is 18.6. The third kappa shape index (κ3) is 3.22. The highest BCUT2D eigenvalue weighted by Gasteiger charge is 2.29. The van der Waals surface area contributed by atoms with Crippen molar-refractivity contribution in [2.75, 3.05) is 6.54 Å². The number of hydrogen-bond donors (Lipinski definition) is 1. The van der Waals surface area contributed by atoms with Gasteiger partial charge < -0.3 is 4.52 Å². The molecule has 0 aliphatic carbocycles. The fraction of sp³-hybridized carbons (Fsp3) is 0.368. The van der Waals surface area contributed by atoms with Crippen molar-refractivity contribution in [2.45, 2.75) is 38.8 Å². The second-order valence-electron chi connectivity index (χ2n) is 6.60. The molecule has 0 bridgehead atoms. The Hall–Kier alpha value is -2.47. The zero-order valence-electron chi connectivity index (χ0n) is 14.2. The Labute approximate surface area is 145 Å². The van der Waals surface area contributed by atoms with Crippen molar-refractivity contribution in [1.82, 2.24) is 20.3 Å². The highest BCUT2D eigenvalue weighted by Crippen LogP contribution is 2.36. The highest BCUT2D eigenvalue weighted by molar-refractivity contribution is 5.60. The largest absolute Gasteiger partial charge is 0.356 e. The highest BCUT2D eigenvalue weighted by atomic mass is 19.1. The monoisotopic (exact) mass is 340 g/mol. The topological polar surface area (TPSA) is 58.0 Å². The number of piperidine rings is 1. The number of nitrogens with zero attached hydrogens (tertiary/aromatic N) is 3. The van der Waals surface area contributed by atoms with Crippen molar-refractivity contribution >= 4 is 0 Å².